The Morgan fingerprint density at radius 2 is 0.774 bits per heavy atom. The first-order valence-electron chi connectivity index (χ1n) is 28.8. The topological polar surface area (TPSA) is 74.9 Å². The van der Waals surface area contributed by atoms with Crippen molar-refractivity contribution >= 4 is 106 Å². The maximum atomic E-state index is 6.79. The fourth-order valence-electron chi connectivity index (χ4n) is 13.9. The molecule has 16 aromatic rings. The second kappa shape index (κ2) is 17.4. The van der Waals surface area contributed by atoms with E-state index in [2.05, 4.69) is 243 Å². The van der Waals surface area contributed by atoms with Crippen LogP contribution in [-0.2, 0) is 6.42 Å². The summed E-state index contributed by atoms with van der Waals surface area (Å²) in [6, 6.07) is 80.0. The van der Waals surface area contributed by atoms with Gasteiger partial charge in [-0.2, -0.15) is 0 Å². The molecular weight excluding hydrogens is 1030 g/mol. The second-order valence-corrected chi connectivity index (χ2v) is 23.0. The molecule has 19 rings (SSSR count). The quantitative estimate of drug-likeness (QED) is 0.165. The molecule has 0 N–H and O–H groups in total. The highest BCUT2D eigenvalue weighted by atomic mass is 16.5. The van der Waals surface area contributed by atoms with Crippen molar-refractivity contribution in [3.8, 4) is 61.4 Å². The molecule has 0 saturated carbocycles. The molecule has 0 fully saturated rings. The molecule has 6 heteroatoms. The molecule has 3 unspecified atom stereocenters. The molecule has 11 aromatic carbocycles. The average Bonchev–Trinajstić information content (AvgIpc) is 4.13. The molecule has 3 atom stereocenters. The molecule has 2 aliphatic carbocycles. The van der Waals surface area contributed by atoms with Crippen LogP contribution in [0.4, 0.5) is 0 Å². The largest absolute Gasteiger partial charge is 0.485 e. The van der Waals surface area contributed by atoms with Gasteiger partial charge in [-0.15, -0.1) is 0 Å². The van der Waals surface area contributed by atoms with Crippen molar-refractivity contribution < 1.29 is 26.8 Å². The van der Waals surface area contributed by atoms with Gasteiger partial charge in [0.15, 0.2) is 0 Å². The van der Waals surface area contributed by atoms with E-state index in [1.165, 1.54) is 22.3 Å². The number of furan rings is 5. The SMILES string of the molecule is C1=CC(c2ccccc2)Cc2c1oc1cc3c(cc21)oc1ccc(-c2cc(-c4ccc5c(c4)C4C=c6oc7ccc(-c8ccccc8)cc7c6=CC4O5)cc(-c4ccc5oc6cc7c(cc6c5c4)oc4ccc(-c5ccccc5)cc47)c2)cc13. The fourth-order valence-corrected chi connectivity index (χ4v) is 13.9. The van der Waals surface area contributed by atoms with Gasteiger partial charge < -0.3 is 26.8 Å². The number of rotatable bonds is 6. The molecule has 5 aromatic heterocycles. The van der Waals surface area contributed by atoms with Crippen molar-refractivity contribution in [1.82, 2.24) is 0 Å². The molecule has 6 nitrogen and oxygen atoms in total. The van der Waals surface area contributed by atoms with E-state index >= 15 is 0 Å². The van der Waals surface area contributed by atoms with Gasteiger partial charge in [-0.1, -0.05) is 127 Å². The van der Waals surface area contributed by atoms with Crippen molar-refractivity contribution in [3.63, 3.8) is 0 Å². The van der Waals surface area contributed by atoms with Crippen LogP contribution in [0.1, 0.15) is 34.3 Å². The standard InChI is InChI=1S/C78H46O6/c1-4-10-43(11-5-1)46-16-22-67-55(31-46)61-37-76-64(40-73(61)79-67)58-34-49(19-25-70(58)82-76)52-28-53(50-20-26-71-59(35-50)65-41-74-62(38-77(65)83-71)56-32-47(17-23-68(56)80-74)44-12-6-2-7-13-44)30-54(29-52)51-21-27-72-60(36-51)66-42-75-63(39-78(66)84-72)57-33-48(18-24-69(57)81-75)45-14-8-3-9-15-45/h1-32,34-42,48,64,76H,33H2. The Balaban J connectivity index is 0.739. The number of benzene rings is 11. The van der Waals surface area contributed by atoms with Crippen LogP contribution in [-0.4, -0.2) is 6.10 Å². The van der Waals surface area contributed by atoms with Gasteiger partial charge >= 0.3 is 0 Å². The molecule has 394 valence electrons. The Bertz CT molecular complexity index is 5630. The summed E-state index contributed by atoms with van der Waals surface area (Å²) in [5, 5.41) is 9.46. The number of allylic oxidation sites excluding steroid dienone is 1. The molecule has 0 spiro atoms. The minimum atomic E-state index is -0.165. The first kappa shape index (κ1) is 45.9. The minimum absolute atomic E-state index is 0.0190. The van der Waals surface area contributed by atoms with Gasteiger partial charge in [-0.3, -0.25) is 0 Å². The Hall–Kier alpha value is -10.8. The lowest BCUT2D eigenvalue weighted by Crippen LogP contribution is -2.32. The summed E-state index contributed by atoms with van der Waals surface area (Å²) in [4.78, 5) is 0. The zero-order valence-electron chi connectivity index (χ0n) is 45.1. The first-order valence-corrected chi connectivity index (χ1v) is 28.8. The van der Waals surface area contributed by atoms with Crippen molar-refractivity contribution in [2.24, 2.45) is 0 Å². The van der Waals surface area contributed by atoms with Gasteiger partial charge in [-0.25, -0.2) is 0 Å². The number of ether oxygens (including phenoxy) is 1. The van der Waals surface area contributed by atoms with Crippen LogP contribution >= 0.6 is 0 Å². The van der Waals surface area contributed by atoms with E-state index < -0.39 is 0 Å². The van der Waals surface area contributed by atoms with Crippen LogP contribution in [0, 0.1) is 0 Å². The number of fused-ring (bicyclic) bond motifs is 18. The highest BCUT2D eigenvalue weighted by Gasteiger charge is 2.35. The van der Waals surface area contributed by atoms with Crippen LogP contribution in [0.2, 0.25) is 0 Å². The Labute approximate surface area is 479 Å². The van der Waals surface area contributed by atoms with Gasteiger partial charge in [0.1, 0.15) is 67.7 Å². The van der Waals surface area contributed by atoms with Gasteiger partial charge in [0.25, 0.3) is 0 Å². The molecule has 0 radical (unpaired) electrons. The van der Waals surface area contributed by atoms with Crippen molar-refractivity contribution in [2.75, 3.05) is 0 Å². The molecule has 84 heavy (non-hydrogen) atoms. The number of hydrogen-bond donors (Lipinski definition) is 0. The molecule has 3 aliphatic rings. The number of hydrogen-bond acceptors (Lipinski definition) is 6. The van der Waals surface area contributed by atoms with Gasteiger partial charge in [-0.05, 0) is 189 Å². The first-order chi connectivity index (χ1) is 41.5. The lowest BCUT2D eigenvalue weighted by molar-refractivity contribution is 0.287. The van der Waals surface area contributed by atoms with E-state index in [1.807, 2.05) is 6.07 Å². The summed E-state index contributed by atoms with van der Waals surface area (Å²) >= 11 is 0. The Morgan fingerprint density at radius 1 is 0.321 bits per heavy atom. The summed E-state index contributed by atoms with van der Waals surface area (Å²) in [7, 11) is 0. The predicted octanol–water partition coefficient (Wildman–Crippen LogP) is 19.7. The lowest BCUT2D eigenvalue weighted by Gasteiger charge is -2.16. The van der Waals surface area contributed by atoms with Gasteiger partial charge in [0.05, 0.1) is 5.92 Å². The zero-order valence-corrected chi connectivity index (χ0v) is 45.1. The van der Waals surface area contributed by atoms with Crippen LogP contribution in [0.25, 0.3) is 162 Å². The van der Waals surface area contributed by atoms with Crippen molar-refractivity contribution in [3.05, 3.63) is 264 Å². The van der Waals surface area contributed by atoms with Crippen LogP contribution in [0.15, 0.2) is 253 Å². The molecule has 0 saturated heterocycles. The van der Waals surface area contributed by atoms with E-state index in [-0.39, 0.29) is 17.9 Å². The third kappa shape index (κ3) is 7.04. The lowest BCUT2D eigenvalue weighted by atomic mass is 9.87. The fraction of sp³-hybridized carbons (Fsp3) is 0.0513. The van der Waals surface area contributed by atoms with E-state index in [0.717, 1.165) is 166 Å². The molecule has 6 heterocycles. The van der Waals surface area contributed by atoms with Crippen LogP contribution in [0.3, 0.4) is 0 Å². The summed E-state index contributed by atoms with van der Waals surface area (Å²) in [5.41, 5.74) is 22.4. The molecule has 0 amide bonds. The smallest absolute Gasteiger partial charge is 0.136 e. The van der Waals surface area contributed by atoms with Gasteiger partial charge in [0, 0.05) is 65.4 Å². The predicted molar refractivity (Wildman–Crippen MR) is 339 cm³/mol. The summed E-state index contributed by atoms with van der Waals surface area (Å²) < 4.78 is 39.9. The minimum Gasteiger partial charge on any atom is -0.485 e. The zero-order chi connectivity index (χ0) is 54.7. The monoisotopic (exact) mass is 1080 g/mol. The third-order valence-electron chi connectivity index (χ3n) is 18.2. The van der Waals surface area contributed by atoms with E-state index in [9.17, 15) is 0 Å². The molecule has 1 aliphatic heterocycles. The molecular formula is C78H46O6. The van der Waals surface area contributed by atoms with Crippen molar-refractivity contribution in [1.29, 1.82) is 0 Å². The normalized spacial score (nSPS) is 16.2. The van der Waals surface area contributed by atoms with Crippen molar-refractivity contribution in [2.45, 2.75) is 24.4 Å². The summed E-state index contributed by atoms with van der Waals surface area (Å²) in [6.45, 7) is 0. The van der Waals surface area contributed by atoms with E-state index in [1.54, 1.807) is 0 Å². The highest BCUT2D eigenvalue weighted by molar-refractivity contribution is 6.16. The maximum Gasteiger partial charge on any atom is 0.136 e. The Morgan fingerprint density at radius 3 is 1.33 bits per heavy atom. The average molecular weight is 1080 g/mol. The Kier molecular flexibility index (Phi) is 9.47. The van der Waals surface area contributed by atoms with Gasteiger partial charge in [0.2, 0.25) is 0 Å². The molecule has 0 bridgehead atoms. The van der Waals surface area contributed by atoms with E-state index in [0.29, 0.717) is 0 Å². The third-order valence-corrected chi connectivity index (χ3v) is 18.2. The van der Waals surface area contributed by atoms with E-state index in [4.69, 9.17) is 26.8 Å². The summed E-state index contributed by atoms with van der Waals surface area (Å²) in [5.74, 6) is 2.08. The van der Waals surface area contributed by atoms with Crippen LogP contribution in [0.5, 0.6) is 5.75 Å². The van der Waals surface area contributed by atoms with Crippen LogP contribution < -0.4 is 15.4 Å². The second-order valence-electron chi connectivity index (χ2n) is 23.0. The highest BCUT2D eigenvalue weighted by Crippen LogP contribution is 2.47. The maximum absolute atomic E-state index is 6.79. The summed E-state index contributed by atoms with van der Waals surface area (Å²) in [6.07, 6.45) is 9.64.